The van der Waals surface area contributed by atoms with Crippen LogP contribution in [0.4, 0.5) is 8.78 Å². The van der Waals surface area contributed by atoms with Crippen LogP contribution in [0.15, 0.2) is 16.6 Å². The molecule has 1 heterocycles. The summed E-state index contributed by atoms with van der Waals surface area (Å²) >= 11 is 2.90. The Bertz CT molecular complexity index is 521. The van der Waals surface area contributed by atoms with Gasteiger partial charge in [-0.3, -0.25) is 4.79 Å². The largest absolute Gasteiger partial charge is 0.336 e. The minimum atomic E-state index is -0.892. The lowest BCUT2D eigenvalue weighted by Crippen LogP contribution is -2.49. The van der Waals surface area contributed by atoms with Crippen molar-refractivity contribution in [3.8, 4) is 6.07 Å². The number of rotatable bonds is 1. The molecule has 1 aliphatic rings. The van der Waals surface area contributed by atoms with Crippen molar-refractivity contribution in [2.75, 3.05) is 13.1 Å². The second-order valence-corrected chi connectivity index (χ2v) is 4.64. The highest BCUT2D eigenvalue weighted by atomic mass is 79.9. The van der Waals surface area contributed by atoms with Crippen LogP contribution in [-0.2, 0) is 0 Å². The van der Waals surface area contributed by atoms with E-state index in [-0.39, 0.29) is 16.0 Å². The molecule has 88 valence electrons. The van der Waals surface area contributed by atoms with Gasteiger partial charge in [-0.15, -0.1) is 0 Å². The molecule has 0 unspecified atom stereocenters. The minimum absolute atomic E-state index is 0.0413. The van der Waals surface area contributed by atoms with Gasteiger partial charge in [0.25, 0.3) is 5.91 Å². The third-order valence-electron chi connectivity index (χ3n) is 2.59. The van der Waals surface area contributed by atoms with Crippen molar-refractivity contribution in [1.82, 2.24) is 4.90 Å². The SMILES string of the molecule is N#CC1CN(C(=O)c2cc(Br)c(F)cc2F)C1. The smallest absolute Gasteiger partial charge is 0.256 e. The van der Waals surface area contributed by atoms with Crippen molar-refractivity contribution in [1.29, 1.82) is 5.26 Å². The zero-order valence-corrected chi connectivity index (χ0v) is 10.2. The number of hydrogen-bond donors (Lipinski definition) is 0. The molecular weight excluding hydrogens is 294 g/mol. The molecule has 17 heavy (non-hydrogen) atoms. The number of nitriles is 1. The van der Waals surface area contributed by atoms with Gasteiger partial charge in [-0.1, -0.05) is 0 Å². The molecule has 0 atom stereocenters. The van der Waals surface area contributed by atoms with E-state index >= 15 is 0 Å². The molecule has 1 aliphatic heterocycles. The molecule has 0 bridgehead atoms. The molecule has 3 nitrogen and oxygen atoms in total. The molecule has 1 aromatic carbocycles. The summed E-state index contributed by atoms with van der Waals surface area (Å²) in [4.78, 5) is 13.2. The molecule has 0 spiro atoms. The van der Waals surface area contributed by atoms with Gasteiger partial charge in [0.2, 0.25) is 0 Å². The number of hydrogen-bond acceptors (Lipinski definition) is 2. The predicted molar refractivity (Wildman–Crippen MR) is 59.1 cm³/mol. The molecule has 0 radical (unpaired) electrons. The number of likely N-dealkylation sites (tertiary alicyclic amines) is 1. The van der Waals surface area contributed by atoms with E-state index in [2.05, 4.69) is 15.9 Å². The Kier molecular flexibility index (Phi) is 3.11. The van der Waals surface area contributed by atoms with Crippen molar-refractivity contribution in [3.63, 3.8) is 0 Å². The zero-order chi connectivity index (χ0) is 12.6. The summed E-state index contributed by atoms with van der Waals surface area (Å²) in [5.41, 5.74) is -0.185. The Labute approximate surface area is 105 Å². The highest BCUT2D eigenvalue weighted by Crippen LogP contribution is 2.24. The first-order valence-corrected chi connectivity index (χ1v) is 5.65. The third kappa shape index (κ3) is 2.15. The molecule has 1 amide bonds. The lowest BCUT2D eigenvalue weighted by molar-refractivity contribution is 0.0572. The maximum atomic E-state index is 13.4. The van der Waals surface area contributed by atoms with Crippen molar-refractivity contribution in [2.24, 2.45) is 5.92 Å². The van der Waals surface area contributed by atoms with Crippen LogP contribution in [0.5, 0.6) is 0 Å². The summed E-state index contributed by atoms with van der Waals surface area (Å²) in [6.07, 6.45) is 0. The standard InChI is InChI=1S/C11H7BrF2N2O/c12-8-1-7(9(13)2-10(8)14)11(17)16-4-6(3-15)5-16/h1-2,6H,4-5H2. The quantitative estimate of drug-likeness (QED) is 0.747. The Morgan fingerprint density at radius 3 is 2.65 bits per heavy atom. The van der Waals surface area contributed by atoms with Crippen molar-refractivity contribution < 1.29 is 13.6 Å². The first-order chi connectivity index (χ1) is 8.02. The van der Waals surface area contributed by atoms with Crippen LogP contribution in [0, 0.1) is 28.9 Å². The van der Waals surface area contributed by atoms with Gasteiger partial charge in [0.1, 0.15) is 11.6 Å². The van der Waals surface area contributed by atoms with E-state index in [1.54, 1.807) is 0 Å². The van der Waals surface area contributed by atoms with Crippen molar-refractivity contribution in [2.45, 2.75) is 0 Å². The van der Waals surface area contributed by atoms with Crippen LogP contribution in [0.3, 0.4) is 0 Å². The number of amides is 1. The van der Waals surface area contributed by atoms with Crippen LogP contribution >= 0.6 is 15.9 Å². The monoisotopic (exact) mass is 300 g/mol. The molecule has 0 N–H and O–H groups in total. The molecule has 1 fully saturated rings. The fourth-order valence-corrected chi connectivity index (χ4v) is 1.93. The number of halogens is 3. The first-order valence-electron chi connectivity index (χ1n) is 4.86. The van der Waals surface area contributed by atoms with E-state index in [1.807, 2.05) is 6.07 Å². The van der Waals surface area contributed by atoms with Gasteiger partial charge in [-0.2, -0.15) is 5.26 Å². The van der Waals surface area contributed by atoms with Crippen molar-refractivity contribution in [3.05, 3.63) is 33.8 Å². The highest BCUT2D eigenvalue weighted by molar-refractivity contribution is 9.10. The van der Waals surface area contributed by atoms with Crippen molar-refractivity contribution >= 4 is 21.8 Å². The molecule has 0 aromatic heterocycles. The average Bonchev–Trinajstić information content (AvgIpc) is 2.21. The fourth-order valence-electron chi connectivity index (χ4n) is 1.58. The second kappa shape index (κ2) is 4.41. The van der Waals surface area contributed by atoms with Gasteiger partial charge in [-0.25, -0.2) is 8.78 Å². The van der Waals surface area contributed by atoms with E-state index in [0.29, 0.717) is 19.2 Å². The second-order valence-electron chi connectivity index (χ2n) is 3.78. The topological polar surface area (TPSA) is 44.1 Å². The van der Waals surface area contributed by atoms with Crippen LogP contribution in [0.1, 0.15) is 10.4 Å². The molecule has 1 saturated heterocycles. The molecule has 1 aromatic rings. The van der Waals surface area contributed by atoms with Crippen LogP contribution in [0.2, 0.25) is 0 Å². The normalized spacial score (nSPS) is 15.3. The van der Waals surface area contributed by atoms with Crippen LogP contribution < -0.4 is 0 Å². The lowest BCUT2D eigenvalue weighted by atomic mass is 10.0. The Morgan fingerprint density at radius 1 is 1.41 bits per heavy atom. The summed E-state index contributed by atoms with van der Waals surface area (Å²) in [6, 6.07) is 3.80. The average molecular weight is 301 g/mol. The van der Waals surface area contributed by atoms with Gasteiger partial charge in [0.15, 0.2) is 0 Å². The third-order valence-corrected chi connectivity index (χ3v) is 3.20. The zero-order valence-electron chi connectivity index (χ0n) is 8.58. The Hall–Kier alpha value is -1.48. The van der Waals surface area contributed by atoms with Gasteiger partial charge >= 0.3 is 0 Å². The molecular formula is C11H7BrF2N2O. The number of nitrogens with zero attached hydrogens (tertiary/aromatic N) is 2. The summed E-state index contributed by atoms with van der Waals surface area (Å²) in [6.45, 7) is 0.591. The molecule has 6 heteroatoms. The summed E-state index contributed by atoms with van der Waals surface area (Å²) in [5.74, 6) is -2.35. The lowest BCUT2D eigenvalue weighted by Gasteiger charge is -2.35. The highest BCUT2D eigenvalue weighted by Gasteiger charge is 2.32. The van der Waals surface area contributed by atoms with E-state index in [0.717, 1.165) is 6.07 Å². The van der Waals surface area contributed by atoms with E-state index in [4.69, 9.17) is 5.26 Å². The summed E-state index contributed by atoms with van der Waals surface area (Å²) in [7, 11) is 0. The van der Waals surface area contributed by atoms with Gasteiger partial charge in [0.05, 0.1) is 22.0 Å². The van der Waals surface area contributed by atoms with E-state index in [1.165, 1.54) is 4.90 Å². The van der Waals surface area contributed by atoms with E-state index < -0.39 is 17.5 Å². The van der Waals surface area contributed by atoms with E-state index in [9.17, 15) is 13.6 Å². The number of carbonyl (C=O) groups is 1. The minimum Gasteiger partial charge on any atom is -0.336 e. The number of carbonyl (C=O) groups excluding carboxylic acids is 1. The fraction of sp³-hybridized carbons (Fsp3) is 0.273. The predicted octanol–water partition coefficient (Wildman–Crippen LogP) is 2.32. The number of benzene rings is 1. The Balaban J connectivity index is 2.21. The molecule has 0 aliphatic carbocycles. The van der Waals surface area contributed by atoms with Gasteiger partial charge < -0.3 is 4.90 Å². The molecule has 2 rings (SSSR count). The maximum Gasteiger partial charge on any atom is 0.256 e. The van der Waals surface area contributed by atoms with Gasteiger partial charge in [-0.05, 0) is 22.0 Å². The Morgan fingerprint density at radius 2 is 2.06 bits per heavy atom. The van der Waals surface area contributed by atoms with Crippen LogP contribution in [-0.4, -0.2) is 23.9 Å². The summed E-state index contributed by atoms with van der Waals surface area (Å²) in [5, 5.41) is 8.57. The summed E-state index contributed by atoms with van der Waals surface area (Å²) < 4.78 is 26.4. The van der Waals surface area contributed by atoms with Gasteiger partial charge in [0, 0.05) is 19.2 Å². The first kappa shape index (κ1) is 12.0. The van der Waals surface area contributed by atoms with Crippen LogP contribution in [0.25, 0.3) is 0 Å². The molecule has 0 saturated carbocycles. The maximum absolute atomic E-state index is 13.4.